The number of hydrogen-bond acceptors (Lipinski definition) is 7. The van der Waals surface area contributed by atoms with Gasteiger partial charge in [-0.25, -0.2) is 0 Å². The van der Waals surface area contributed by atoms with Crippen LogP contribution in [0.15, 0.2) is 48.5 Å². The van der Waals surface area contributed by atoms with Crippen molar-refractivity contribution in [1.82, 2.24) is 15.0 Å². The Kier molecular flexibility index (Phi) is 5.95. The molecule has 2 aromatic carbocycles. The van der Waals surface area contributed by atoms with Gasteiger partial charge in [0.25, 0.3) is 0 Å². The summed E-state index contributed by atoms with van der Waals surface area (Å²) in [5, 5.41) is 7.13. The van der Waals surface area contributed by atoms with Gasteiger partial charge in [0.05, 0.1) is 12.8 Å². The summed E-state index contributed by atoms with van der Waals surface area (Å²) in [4.78, 5) is 16.0. The number of benzene rings is 2. The first-order valence-corrected chi connectivity index (χ1v) is 9.98. The molecule has 0 spiro atoms. The summed E-state index contributed by atoms with van der Waals surface area (Å²) in [5.74, 6) is 2.29. The molecule has 1 fully saturated rings. The van der Waals surface area contributed by atoms with E-state index in [0.29, 0.717) is 40.8 Å². The Bertz CT molecular complexity index is 963. The topological polar surface area (TPSA) is 75.2 Å². The molecule has 1 aliphatic rings. The van der Waals surface area contributed by atoms with Crippen LogP contribution in [0.2, 0.25) is 5.02 Å². The molecular formula is C21H23ClN6O. The number of anilines is 4. The molecule has 0 unspecified atom stereocenters. The molecule has 1 aliphatic heterocycles. The van der Waals surface area contributed by atoms with E-state index >= 15 is 0 Å². The van der Waals surface area contributed by atoms with Crippen LogP contribution in [0.25, 0.3) is 0 Å². The van der Waals surface area contributed by atoms with Crippen LogP contribution in [-0.2, 0) is 6.54 Å². The molecule has 2 heterocycles. The van der Waals surface area contributed by atoms with Crippen molar-refractivity contribution < 1.29 is 4.74 Å². The van der Waals surface area contributed by atoms with Crippen molar-refractivity contribution in [2.45, 2.75) is 19.4 Å². The van der Waals surface area contributed by atoms with Gasteiger partial charge in [-0.15, -0.1) is 0 Å². The number of methoxy groups -OCH3 is 1. The maximum atomic E-state index is 6.15. The molecule has 0 saturated carbocycles. The minimum atomic E-state index is 0.443. The summed E-state index contributed by atoms with van der Waals surface area (Å²) in [7, 11) is 1.62. The fourth-order valence-corrected chi connectivity index (χ4v) is 3.41. The van der Waals surface area contributed by atoms with Gasteiger partial charge in [0.15, 0.2) is 0 Å². The number of ether oxygens (including phenoxy) is 1. The highest BCUT2D eigenvalue weighted by molar-refractivity contribution is 6.31. The average molecular weight is 411 g/mol. The Hall–Kier alpha value is -3.06. The van der Waals surface area contributed by atoms with Gasteiger partial charge in [0.1, 0.15) is 5.75 Å². The lowest BCUT2D eigenvalue weighted by atomic mass is 10.2. The van der Waals surface area contributed by atoms with Crippen LogP contribution < -0.4 is 20.3 Å². The van der Waals surface area contributed by atoms with Crippen molar-refractivity contribution in [3.8, 4) is 5.75 Å². The SMILES string of the molecule is COc1ccc(Cl)cc1Nc1nc(NCc2ccccc2)nc(N2CCCC2)n1. The third-order valence-electron chi connectivity index (χ3n) is 4.71. The molecule has 3 aromatic rings. The van der Waals surface area contributed by atoms with Crippen molar-refractivity contribution in [3.05, 3.63) is 59.1 Å². The summed E-state index contributed by atoms with van der Waals surface area (Å²) < 4.78 is 5.42. The van der Waals surface area contributed by atoms with Crippen LogP contribution in [0.3, 0.4) is 0 Å². The van der Waals surface area contributed by atoms with Crippen molar-refractivity contribution in [1.29, 1.82) is 0 Å². The first-order valence-electron chi connectivity index (χ1n) is 9.60. The third-order valence-corrected chi connectivity index (χ3v) is 4.95. The second-order valence-corrected chi connectivity index (χ2v) is 7.22. The number of hydrogen-bond donors (Lipinski definition) is 2. The highest BCUT2D eigenvalue weighted by Crippen LogP contribution is 2.30. The van der Waals surface area contributed by atoms with Crippen LogP contribution in [-0.4, -0.2) is 35.2 Å². The zero-order chi connectivity index (χ0) is 20.1. The summed E-state index contributed by atoms with van der Waals surface area (Å²) in [6.07, 6.45) is 2.28. The van der Waals surface area contributed by atoms with Crippen LogP contribution in [0.4, 0.5) is 23.5 Å². The molecule has 1 saturated heterocycles. The van der Waals surface area contributed by atoms with Gasteiger partial charge in [0.2, 0.25) is 17.8 Å². The predicted molar refractivity (Wildman–Crippen MR) is 116 cm³/mol. The van der Waals surface area contributed by atoms with Crippen molar-refractivity contribution >= 4 is 35.1 Å². The maximum Gasteiger partial charge on any atom is 0.233 e. The first kappa shape index (κ1) is 19.3. The predicted octanol–water partition coefficient (Wildman–Crippen LogP) is 4.49. The fourth-order valence-electron chi connectivity index (χ4n) is 3.23. The Morgan fingerprint density at radius 1 is 1.00 bits per heavy atom. The minimum Gasteiger partial charge on any atom is -0.495 e. The molecule has 2 N–H and O–H groups in total. The summed E-state index contributed by atoms with van der Waals surface area (Å²) in [6.45, 7) is 2.52. The third kappa shape index (κ3) is 4.86. The number of nitrogens with zero attached hydrogens (tertiary/aromatic N) is 4. The molecule has 7 nitrogen and oxygen atoms in total. The van der Waals surface area contributed by atoms with Crippen molar-refractivity contribution in [2.24, 2.45) is 0 Å². The highest BCUT2D eigenvalue weighted by Gasteiger charge is 2.18. The molecule has 0 aliphatic carbocycles. The highest BCUT2D eigenvalue weighted by atomic mass is 35.5. The lowest BCUT2D eigenvalue weighted by Crippen LogP contribution is -2.22. The minimum absolute atomic E-state index is 0.443. The second-order valence-electron chi connectivity index (χ2n) is 6.79. The molecule has 1 aromatic heterocycles. The molecule has 0 amide bonds. The first-order chi connectivity index (χ1) is 14.2. The van der Waals surface area contributed by atoms with Gasteiger partial charge < -0.3 is 20.3 Å². The lowest BCUT2D eigenvalue weighted by Gasteiger charge is -2.18. The normalized spacial score (nSPS) is 13.4. The molecule has 0 atom stereocenters. The van der Waals surface area contributed by atoms with E-state index in [1.165, 1.54) is 0 Å². The lowest BCUT2D eigenvalue weighted by molar-refractivity contribution is 0.417. The molecule has 29 heavy (non-hydrogen) atoms. The van der Waals surface area contributed by atoms with E-state index in [2.05, 4.69) is 42.6 Å². The van der Waals surface area contributed by atoms with E-state index in [0.717, 1.165) is 31.5 Å². The Morgan fingerprint density at radius 3 is 2.52 bits per heavy atom. The van der Waals surface area contributed by atoms with E-state index < -0.39 is 0 Å². The number of aromatic nitrogens is 3. The molecule has 0 radical (unpaired) electrons. The van der Waals surface area contributed by atoms with Crippen LogP contribution in [0, 0.1) is 0 Å². The summed E-state index contributed by atoms with van der Waals surface area (Å²) in [5.41, 5.74) is 1.86. The Balaban J connectivity index is 1.61. The Labute approximate surface area is 175 Å². The van der Waals surface area contributed by atoms with Gasteiger partial charge in [0, 0.05) is 24.7 Å². The van der Waals surface area contributed by atoms with E-state index in [-0.39, 0.29) is 0 Å². The van der Waals surface area contributed by atoms with Gasteiger partial charge in [-0.1, -0.05) is 41.9 Å². The molecular weight excluding hydrogens is 388 g/mol. The van der Waals surface area contributed by atoms with E-state index in [9.17, 15) is 0 Å². The Morgan fingerprint density at radius 2 is 1.76 bits per heavy atom. The average Bonchev–Trinajstić information content (AvgIpc) is 3.28. The smallest absolute Gasteiger partial charge is 0.233 e. The molecule has 0 bridgehead atoms. The van der Waals surface area contributed by atoms with E-state index in [1.54, 1.807) is 19.2 Å². The van der Waals surface area contributed by atoms with Gasteiger partial charge >= 0.3 is 0 Å². The molecule has 8 heteroatoms. The molecule has 150 valence electrons. The summed E-state index contributed by atoms with van der Waals surface area (Å²) in [6, 6.07) is 15.5. The quantitative estimate of drug-likeness (QED) is 0.594. The van der Waals surface area contributed by atoms with Crippen LogP contribution in [0.5, 0.6) is 5.75 Å². The zero-order valence-corrected chi connectivity index (χ0v) is 17.0. The molecule has 4 rings (SSSR count). The van der Waals surface area contributed by atoms with Crippen molar-refractivity contribution in [3.63, 3.8) is 0 Å². The summed E-state index contributed by atoms with van der Waals surface area (Å²) >= 11 is 6.15. The standard InChI is InChI=1S/C21H23ClN6O/c1-29-18-10-9-16(22)13-17(18)24-20-25-19(23-14-15-7-3-2-4-8-15)26-21(27-20)28-11-5-6-12-28/h2-4,7-10,13H,5-6,11-12,14H2,1H3,(H2,23,24,25,26,27). The number of nitrogens with one attached hydrogen (secondary N) is 2. The van der Waals surface area contributed by atoms with Crippen molar-refractivity contribution in [2.75, 3.05) is 35.7 Å². The van der Waals surface area contributed by atoms with Gasteiger partial charge in [-0.3, -0.25) is 0 Å². The van der Waals surface area contributed by atoms with Crippen LogP contribution in [0.1, 0.15) is 18.4 Å². The van der Waals surface area contributed by atoms with Crippen LogP contribution >= 0.6 is 11.6 Å². The second kappa shape index (κ2) is 8.96. The van der Waals surface area contributed by atoms with E-state index in [4.69, 9.17) is 16.3 Å². The van der Waals surface area contributed by atoms with E-state index in [1.807, 2.05) is 24.3 Å². The maximum absolute atomic E-state index is 6.15. The number of halogens is 1. The monoisotopic (exact) mass is 410 g/mol. The number of rotatable bonds is 7. The fraction of sp³-hybridized carbons (Fsp3) is 0.286. The van der Waals surface area contributed by atoms with Gasteiger partial charge in [-0.05, 0) is 36.6 Å². The largest absolute Gasteiger partial charge is 0.495 e. The zero-order valence-electron chi connectivity index (χ0n) is 16.2. The van der Waals surface area contributed by atoms with Gasteiger partial charge in [-0.2, -0.15) is 15.0 Å².